The summed E-state index contributed by atoms with van der Waals surface area (Å²) < 4.78 is 11.4. The summed E-state index contributed by atoms with van der Waals surface area (Å²) in [7, 11) is 1.75. The number of aliphatic hydroxyl groups is 1. The summed E-state index contributed by atoms with van der Waals surface area (Å²) in [4.78, 5) is 0. The Balaban J connectivity index is 1.82. The summed E-state index contributed by atoms with van der Waals surface area (Å²) in [5.74, 6) is 1.12. The van der Waals surface area contributed by atoms with Crippen LogP contribution >= 0.6 is 0 Å². The Morgan fingerprint density at radius 1 is 1.11 bits per heavy atom. The van der Waals surface area contributed by atoms with E-state index >= 15 is 0 Å². The van der Waals surface area contributed by atoms with Gasteiger partial charge in [0, 0.05) is 26.9 Å². The van der Waals surface area contributed by atoms with Crippen molar-refractivity contribution in [1.29, 1.82) is 0 Å². The second-order valence-corrected chi connectivity index (χ2v) is 8.15. The van der Waals surface area contributed by atoms with Gasteiger partial charge in [-0.25, -0.2) is 0 Å². The molecule has 1 aliphatic heterocycles. The first-order valence-electron chi connectivity index (χ1n) is 11.1. The summed E-state index contributed by atoms with van der Waals surface area (Å²) >= 11 is 0. The third-order valence-corrected chi connectivity index (χ3v) is 6.04. The highest BCUT2D eigenvalue weighted by atomic mass is 16.5. The Morgan fingerprint density at radius 2 is 1.93 bits per heavy atom. The molecule has 1 aromatic carbocycles. The average molecular weight is 377 g/mol. The van der Waals surface area contributed by atoms with Gasteiger partial charge in [-0.1, -0.05) is 44.0 Å². The van der Waals surface area contributed by atoms with Crippen LogP contribution in [0.15, 0.2) is 24.3 Å². The Bertz CT molecular complexity index is 485. The molecule has 2 rings (SSSR count). The van der Waals surface area contributed by atoms with Gasteiger partial charge in [0.2, 0.25) is 0 Å². The van der Waals surface area contributed by atoms with E-state index in [-0.39, 0.29) is 6.61 Å². The van der Waals surface area contributed by atoms with Crippen LogP contribution < -0.4 is 0 Å². The lowest BCUT2D eigenvalue weighted by molar-refractivity contribution is 0.0330. The van der Waals surface area contributed by atoms with Gasteiger partial charge in [-0.3, -0.25) is 0 Å². The van der Waals surface area contributed by atoms with E-state index in [1.807, 2.05) is 0 Å². The summed E-state index contributed by atoms with van der Waals surface area (Å²) in [6, 6.07) is 9.35. The Labute approximate surface area is 166 Å². The molecular formula is C24H40O3. The van der Waals surface area contributed by atoms with Gasteiger partial charge in [0.15, 0.2) is 0 Å². The highest BCUT2D eigenvalue weighted by Crippen LogP contribution is 2.32. The molecule has 0 saturated carbocycles. The number of unbranched alkanes of at least 4 members (excludes halogenated alkanes) is 2. The van der Waals surface area contributed by atoms with E-state index in [0.29, 0.717) is 17.9 Å². The second kappa shape index (κ2) is 13.3. The van der Waals surface area contributed by atoms with Crippen molar-refractivity contribution in [2.24, 2.45) is 5.92 Å². The number of benzene rings is 1. The van der Waals surface area contributed by atoms with Gasteiger partial charge in [0.1, 0.15) is 0 Å². The van der Waals surface area contributed by atoms with Crippen LogP contribution in [0.25, 0.3) is 0 Å². The van der Waals surface area contributed by atoms with Crippen molar-refractivity contribution in [3.63, 3.8) is 0 Å². The monoisotopic (exact) mass is 376 g/mol. The molecule has 154 valence electrons. The van der Waals surface area contributed by atoms with E-state index in [1.54, 1.807) is 7.11 Å². The number of rotatable bonds is 12. The lowest BCUT2D eigenvalue weighted by atomic mass is 9.88. The van der Waals surface area contributed by atoms with Crippen LogP contribution in [0, 0.1) is 5.92 Å². The molecule has 1 aromatic rings. The van der Waals surface area contributed by atoms with Gasteiger partial charge >= 0.3 is 0 Å². The van der Waals surface area contributed by atoms with Crippen molar-refractivity contribution < 1.29 is 14.6 Å². The molecular weight excluding hydrogens is 336 g/mol. The predicted octanol–water partition coefficient (Wildman–Crippen LogP) is 5.50. The van der Waals surface area contributed by atoms with Crippen molar-refractivity contribution in [3.8, 4) is 0 Å². The standard InChI is InChI=1S/C24H40O3/c1-3-4-5-6-20-7-9-22(10-8-20)23-11-12-24(27-18-15-23)19-21(13-16-25)14-17-26-2/h7-10,21,23-25H,3-6,11-19H2,1-2H3. The number of hydrogen-bond donors (Lipinski definition) is 1. The van der Waals surface area contributed by atoms with E-state index < -0.39 is 0 Å². The fourth-order valence-corrected chi connectivity index (χ4v) is 4.27. The molecule has 1 fully saturated rings. The van der Waals surface area contributed by atoms with E-state index in [1.165, 1.54) is 43.2 Å². The van der Waals surface area contributed by atoms with Crippen LogP contribution in [-0.2, 0) is 15.9 Å². The third-order valence-electron chi connectivity index (χ3n) is 6.04. The van der Waals surface area contributed by atoms with E-state index in [4.69, 9.17) is 9.47 Å². The van der Waals surface area contributed by atoms with Gasteiger partial charge in [-0.2, -0.15) is 0 Å². The molecule has 0 spiro atoms. The molecule has 1 saturated heterocycles. The largest absolute Gasteiger partial charge is 0.396 e. The van der Waals surface area contributed by atoms with Gasteiger partial charge < -0.3 is 14.6 Å². The molecule has 0 aliphatic carbocycles. The number of ether oxygens (including phenoxy) is 2. The molecule has 1 heterocycles. The molecule has 3 unspecified atom stereocenters. The quantitative estimate of drug-likeness (QED) is 0.490. The first-order valence-corrected chi connectivity index (χ1v) is 11.1. The first kappa shape index (κ1) is 22.4. The van der Waals surface area contributed by atoms with Crippen LogP contribution in [0.4, 0.5) is 0 Å². The topological polar surface area (TPSA) is 38.7 Å². The van der Waals surface area contributed by atoms with Crippen molar-refractivity contribution in [1.82, 2.24) is 0 Å². The molecule has 0 aromatic heterocycles. The molecule has 3 atom stereocenters. The minimum Gasteiger partial charge on any atom is -0.396 e. The molecule has 0 radical (unpaired) electrons. The Morgan fingerprint density at radius 3 is 2.63 bits per heavy atom. The number of hydrogen-bond acceptors (Lipinski definition) is 3. The lowest BCUT2D eigenvalue weighted by Gasteiger charge is -2.22. The van der Waals surface area contributed by atoms with Gasteiger partial charge in [0.25, 0.3) is 0 Å². The predicted molar refractivity (Wildman–Crippen MR) is 112 cm³/mol. The maximum absolute atomic E-state index is 9.32. The van der Waals surface area contributed by atoms with Gasteiger partial charge in [-0.15, -0.1) is 0 Å². The first-order chi connectivity index (χ1) is 13.3. The molecule has 0 bridgehead atoms. The number of methoxy groups -OCH3 is 1. The minimum absolute atomic E-state index is 0.258. The highest BCUT2D eigenvalue weighted by Gasteiger charge is 2.23. The third kappa shape index (κ3) is 8.33. The van der Waals surface area contributed by atoms with Crippen LogP contribution in [0.5, 0.6) is 0 Å². The maximum atomic E-state index is 9.32. The summed E-state index contributed by atoms with van der Waals surface area (Å²) in [5, 5.41) is 9.32. The minimum atomic E-state index is 0.258. The van der Waals surface area contributed by atoms with E-state index in [9.17, 15) is 5.11 Å². The van der Waals surface area contributed by atoms with E-state index in [2.05, 4.69) is 31.2 Å². The molecule has 3 heteroatoms. The van der Waals surface area contributed by atoms with Crippen LogP contribution in [-0.4, -0.2) is 38.1 Å². The maximum Gasteiger partial charge on any atom is 0.0578 e. The molecule has 1 N–H and O–H groups in total. The summed E-state index contributed by atoms with van der Waals surface area (Å²) in [6.07, 6.45) is 11.8. The second-order valence-electron chi connectivity index (χ2n) is 8.15. The zero-order valence-corrected chi connectivity index (χ0v) is 17.5. The zero-order valence-electron chi connectivity index (χ0n) is 17.5. The van der Waals surface area contributed by atoms with E-state index in [0.717, 1.165) is 45.3 Å². The molecule has 3 nitrogen and oxygen atoms in total. The summed E-state index contributed by atoms with van der Waals surface area (Å²) in [5.41, 5.74) is 2.95. The number of aliphatic hydroxyl groups excluding tert-OH is 1. The van der Waals surface area contributed by atoms with Crippen LogP contribution in [0.2, 0.25) is 0 Å². The zero-order chi connectivity index (χ0) is 19.3. The Kier molecular flexibility index (Phi) is 11.0. The van der Waals surface area contributed by atoms with Crippen molar-refractivity contribution in [2.45, 2.75) is 83.2 Å². The molecule has 0 amide bonds. The molecule has 1 aliphatic rings. The van der Waals surface area contributed by atoms with Gasteiger partial charge in [-0.05, 0) is 74.3 Å². The van der Waals surface area contributed by atoms with Crippen molar-refractivity contribution in [2.75, 3.05) is 26.9 Å². The average Bonchev–Trinajstić information content (AvgIpc) is 2.93. The fourth-order valence-electron chi connectivity index (χ4n) is 4.27. The summed E-state index contributed by atoms with van der Waals surface area (Å²) in [6.45, 7) is 4.14. The smallest absolute Gasteiger partial charge is 0.0578 e. The van der Waals surface area contributed by atoms with Crippen molar-refractivity contribution >= 4 is 0 Å². The van der Waals surface area contributed by atoms with Crippen LogP contribution in [0.3, 0.4) is 0 Å². The number of aryl methyl sites for hydroxylation is 1. The Hall–Kier alpha value is -0.900. The molecule has 27 heavy (non-hydrogen) atoms. The fraction of sp³-hybridized carbons (Fsp3) is 0.750. The normalized spacial score (nSPS) is 21.7. The SMILES string of the molecule is CCCCCc1ccc(C2CCOC(CC(CCO)CCOC)CC2)cc1. The van der Waals surface area contributed by atoms with Gasteiger partial charge in [0.05, 0.1) is 6.10 Å². The van der Waals surface area contributed by atoms with Crippen LogP contribution in [0.1, 0.15) is 81.8 Å². The lowest BCUT2D eigenvalue weighted by Crippen LogP contribution is -2.19. The highest BCUT2D eigenvalue weighted by molar-refractivity contribution is 5.25. The van der Waals surface area contributed by atoms with Crippen molar-refractivity contribution in [3.05, 3.63) is 35.4 Å².